The summed E-state index contributed by atoms with van der Waals surface area (Å²) >= 11 is 6.22. The Hall–Kier alpha value is -3.25. The van der Waals surface area contributed by atoms with Crippen LogP contribution in [-0.2, 0) is 20.9 Å². The van der Waals surface area contributed by atoms with E-state index in [9.17, 15) is 4.79 Å². The second-order valence-corrected chi connectivity index (χ2v) is 7.17. The number of hydrogen-bond acceptors (Lipinski definition) is 6. The fourth-order valence-corrected chi connectivity index (χ4v) is 3.71. The SMILES string of the molecule is CCOC1=C(N)OC2=C(C(=O)CN=C2Cl)C1c1cccc(OCc2ccccc2)c1. The number of Topliss-reactive ketones (excluding diaryl/α,β-unsaturated/α-hetero) is 1. The van der Waals surface area contributed by atoms with Crippen LogP contribution < -0.4 is 10.5 Å². The van der Waals surface area contributed by atoms with Crippen molar-refractivity contribution in [2.24, 2.45) is 10.7 Å². The van der Waals surface area contributed by atoms with E-state index < -0.39 is 5.92 Å². The summed E-state index contributed by atoms with van der Waals surface area (Å²) in [6, 6.07) is 17.4. The van der Waals surface area contributed by atoms with Gasteiger partial charge in [0, 0.05) is 0 Å². The van der Waals surface area contributed by atoms with Gasteiger partial charge in [-0.2, -0.15) is 0 Å². The first-order chi connectivity index (χ1) is 14.6. The maximum Gasteiger partial charge on any atom is 0.230 e. The fourth-order valence-electron chi connectivity index (χ4n) is 3.51. The van der Waals surface area contributed by atoms with Crippen molar-refractivity contribution in [3.8, 4) is 5.75 Å². The summed E-state index contributed by atoms with van der Waals surface area (Å²) in [6.45, 7) is 2.61. The van der Waals surface area contributed by atoms with E-state index in [-0.39, 0.29) is 29.1 Å². The molecule has 2 aromatic rings. The molecule has 2 aliphatic rings. The van der Waals surface area contributed by atoms with Gasteiger partial charge in [0.15, 0.2) is 22.5 Å². The van der Waals surface area contributed by atoms with Crippen LogP contribution in [0.1, 0.15) is 24.0 Å². The molecule has 1 atom stereocenters. The highest BCUT2D eigenvalue weighted by Crippen LogP contribution is 2.42. The van der Waals surface area contributed by atoms with Crippen molar-refractivity contribution in [2.75, 3.05) is 13.2 Å². The van der Waals surface area contributed by atoms with Gasteiger partial charge in [0.05, 0.1) is 18.1 Å². The minimum absolute atomic E-state index is 0.0406. The lowest BCUT2D eigenvalue weighted by atomic mass is 9.84. The molecule has 2 N–H and O–H groups in total. The van der Waals surface area contributed by atoms with Crippen LogP contribution in [0.15, 0.2) is 82.6 Å². The molecule has 0 fully saturated rings. The van der Waals surface area contributed by atoms with E-state index in [1.807, 2.05) is 61.5 Å². The molecule has 154 valence electrons. The third kappa shape index (κ3) is 3.91. The third-order valence-electron chi connectivity index (χ3n) is 4.84. The molecule has 2 heterocycles. The van der Waals surface area contributed by atoms with Gasteiger partial charge in [0.1, 0.15) is 18.9 Å². The molecule has 30 heavy (non-hydrogen) atoms. The predicted octanol–water partition coefficient (Wildman–Crippen LogP) is 4.02. The van der Waals surface area contributed by atoms with E-state index in [0.29, 0.717) is 30.3 Å². The molecule has 1 unspecified atom stereocenters. The van der Waals surface area contributed by atoms with Crippen molar-refractivity contribution in [2.45, 2.75) is 19.4 Å². The van der Waals surface area contributed by atoms with Crippen molar-refractivity contribution in [3.05, 3.63) is 88.7 Å². The minimum Gasteiger partial charge on any atom is -0.492 e. The number of rotatable bonds is 6. The number of allylic oxidation sites excluding steroid dienone is 2. The van der Waals surface area contributed by atoms with Gasteiger partial charge in [-0.25, -0.2) is 0 Å². The first kappa shape index (κ1) is 20.0. The lowest BCUT2D eigenvalue weighted by Crippen LogP contribution is -2.31. The minimum atomic E-state index is -0.550. The molecule has 2 aliphatic heterocycles. The maximum absolute atomic E-state index is 12.8. The summed E-state index contributed by atoms with van der Waals surface area (Å²) in [7, 11) is 0. The van der Waals surface area contributed by atoms with E-state index in [2.05, 4.69) is 4.99 Å². The molecule has 0 amide bonds. The summed E-state index contributed by atoms with van der Waals surface area (Å²) in [5.41, 5.74) is 8.37. The molecule has 0 saturated heterocycles. The first-order valence-corrected chi connectivity index (χ1v) is 10.0. The van der Waals surface area contributed by atoms with Gasteiger partial charge in [-0.1, -0.05) is 54.1 Å². The van der Waals surface area contributed by atoms with E-state index >= 15 is 0 Å². The van der Waals surface area contributed by atoms with E-state index in [4.69, 9.17) is 31.5 Å². The smallest absolute Gasteiger partial charge is 0.230 e. The molecule has 0 radical (unpaired) electrons. The topological polar surface area (TPSA) is 83.1 Å². The van der Waals surface area contributed by atoms with Gasteiger partial charge in [0.25, 0.3) is 0 Å². The number of carbonyl (C=O) groups is 1. The van der Waals surface area contributed by atoms with E-state index in [1.165, 1.54) is 0 Å². The highest BCUT2D eigenvalue weighted by molar-refractivity contribution is 6.70. The average Bonchev–Trinajstić information content (AvgIpc) is 2.77. The monoisotopic (exact) mass is 424 g/mol. The largest absolute Gasteiger partial charge is 0.492 e. The zero-order valence-corrected chi connectivity index (χ0v) is 17.2. The number of benzene rings is 2. The first-order valence-electron chi connectivity index (χ1n) is 9.63. The second kappa shape index (κ2) is 8.63. The Kier molecular flexibility index (Phi) is 5.77. The summed E-state index contributed by atoms with van der Waals surface area (Å²) in [5.74, 6) is 0.581. The number of dihydropyridines is 1. The molecule has 0 spiro atoms. The van der Waals surface area contributed by atoms with Crippen molar-refractivity contribution in [1.29, 1.82) is 0 Å². The number of ketones is 1. The number of ether oxygens (including phenoxy) is 3. The van der Waals surface area contributed by atoms with Gasteiger partial charge in [-0.05, 0) is 30.2 Å². The van der Waals surface area contributed by atoms with Gasteiger partial charge in [-0.3, -0.25) is 9.79 Å². The Morgan fingerprint density at radius 2 is 1.97 bits per heavy atom. The Morgan fingerprint density at radius 1 is 1.17 bits per heavy atom. The van der Waals surface area contributed by atoms with Crippen molar-refractivity contribution >= 4 is 22.6 Å². The molecular formula is C23H21ClN2O4. The van der Waals surface area contributed by atoms with Gasteiger partial charge >= 0.3 is 0 Å². The highest BCUT2D eigenvalue weighted by atomic mass is 35.5. The molecule has 0 saturated carbocycles. The van der Waals surface area contributed by atoms with Crippen LogP contribution in [0.3, 0.4) is 0 Å². The fraction of sp³-hybridized carbons (Fsp3) is 0.217. The molecular weight excluding hydrogens is 404 g/mol. The molecule has 7 heteroatoms. The van der Waals surface area contributed by atoms with Crippen molar-refractivity contribution < 1.29 is 19.0 Å². The number of halogens is 1. The Balaban J connectivity index is 1.71. The van der Waals surface area contributed by atoms with Crippen LogP contribution in [0.2, 0.25) is 0 Å². The molecule has 0 bridgehead atoms. The lowest BCUT2D eigenvalue weighted by molar-refractivity contribution is -0.115. The number of hydrogen-bond donors (Lipinski definition) is 1. The van der Waals surface area contributed by atoms with Gasteiger partial charge in [-0.15, -0.1) is 0 Å². The van der Waals surface area contributed by atoms with Crippen LogP contribution in [-0.4, -0.2) is 24.1 Å². The Morgan fingerprint density at radius 3 is 2.73 bits per heavy atom. The molecule has 4 rings (SSSR count). The maximum atomic E-state index is 12.8. The standard InChI is InChI=1S/C23H21ClN2O4/c1-2-28-21-18(19-17(27)12-26-22(24)20(19)30-23(21)25)15-9-6-10-16(11-15)29-13-14-7-4-3-5-8-14/h3-11,18H,2,12-13,25H2,1H3. The lowest BCUT2D eigenvalue weighted by Gasteiger charge is -2.31. The van der Waals surface area contributed by atoms with E-state index in [1.54, 1.807) is 0 Å². The van der Waals surface area contributed by atoms with Crippen molar-refractivity contribution in [1.82, 2.24) is 0 Å². The normalized spacial score (nSPS) is 18.5. The van der Waals surface area contributed by atoms with Crippen LogP contribution in [0.4, 0.5) is 0 Å². The zero-order valence-electron chi connectivity index (χ0n) is 16.4. The summed E-state index contributed by atoms with van der Waals surface area (Å²) in [4.78, 5) is 16.8. The molecule has 2 aromatic carbocycles. The average molecular weight is 425 g/mol. The second-order valence-electron chi connectivity index (χ2n) is 6.82. The number of aliphatic imine (C=N–C) groups is 1. The molecule has 0 aliphatic carbocycles. The van der Waals surface area contributed by atoms with Crippen LogP contribution in [0.5, 0.6) is 5.75 Å². The van der Waals surface area contributed by atoms with Crippen LogP contribution >= 0.6 is 11.6 Å². The molecule has 6 nitrogen and oxygen atoms in total. The van der Waals surface area contributed by atoms with Crippen molar-refractivity contribution in [3.63, 3.8) is 0 Å². The highest BCUT2D eigenvalue weighted by Gasteiger charge is 2.40. The quantitative estimate of drug-likeness (QED) is 0.757. The molecule has 0 aromatic heterocycles. The number of nitrogens with two attached hydrogens (primary N) is 1. The van der Waals surface area contributed by atoms with E-state index in [0.717, 1.165) is 11.1 Å². The van der Waals surface area contributed by atoms with Gasteiger partial charge in [0.2, 0.25) is 5.88 Å². The Labute approximate surface area is 179 Å². The summed E-state index contributed by atoms with van der Waals surface area (Å²) in [5, 5.41) is 0.129. The Bertz CT molecular complexity index is 1060. The summed E-state index contributed by atoms with van der Waals surface area (Å²) in [6.07, 6.45) is 0. The summed E-state index contributed by atoms with van der Waals surface area (Å²) < 4.78 is 17.4. The van der Waals surface area contributed by atoms with Crippen LogP contribution in [0, 0.1) is 0 Å². The number of nitrogens with zero attached hydrogens (tertiary/aromatic N) is 1. The zero-order chi connectivity index (χ0) is 21.1. The van der Waals surface area contributed by atoms with Gasteiger partial charge < -0.3 is 19.9 Å². The van der Waals surface area contributed by atoms with Crippen LogP contribution in [0.25, 0.3) is 0 Å². The predicted molar refractivity (Wildman–Crippen MR) is 114 cm³/mol. The number of carbonyl (C=O) groups excluding carboxylic acids is 1. The third-order valence-corrected chi connectivity index (χ3v) is 5.13.